The number of aromatic nitrogens is 2. The summed E-state index contributed by atoms with van der Waals surface area (Å²) >= 11 is 0. The fourth-order valence-electron chi connectivity index (χ4n) is 2.94. The van der Waals surface area contributed by atoms with Gasteiger partial charge in [-0.3, -0.25) is 19.1 Å². The average Bonchev–Trinajstić information content (AvgIpc) is 2.74. The van der Waals surface area contributed by atoms with Crippen LogP contribution in [0.2, 0.25) is 0 Å². The summed E-state index contributed by atoms with van der Waals surface area (Å²) in [6, 6.07) is 8.40. The summed E-state index contributed by atoms with van der Waals surface area (Å²) < 4.78 is 6.26. The third kappa shape index (κ3) is 6.44. The van der Waals surface area contributed by atoms with Crippen molar-refractivity contribution in [3.05, 3.63) is 51.2 Å². The van der Waals surface area contributed by atoms with E-state index < -0.39 is 23.2 Å². The molecule has 11 heteroatoms. The van der Waals surface area contributed by atoms with E-state index in [0.29, 0.717) is 18.7 Å². The molecule has 5 N–H and O–H groups in total. The summed E-state index contributed by atoms with van der Waals surface area (Å²) in [6.07, 6.45) is 0.528. The molecule has 0 unspecified atom stereocenters. The number of hydrogen-bond acceptors (Lipinski definition) is 6. The molecule has 0 saturated heterocycles. The standard InChI is InChI=1S/C20H28N6O5/c1-3-11-26-17(21)16(18(28)24-20(26)30)25(12-13-31-2)15(27)9-10-22-19(29)23-14-7-5-4-6-8-14/h4-8H,3,9-13,21H2,1-2H3,(H2,22,23,29)(H,24,28,30). The first-order valence-electron chi connectivity index (χ1n) is 9.90. The van der Waals surface area contributed by atoms with Gasteiger partial charge >= 0.3 is 11.7 Å². The molecule has 1 aromatic carbocycles. The normalized spacial score (nSPS) is 10.5. The van der Waals surface area contributed by atoms with Gasteiger partial charge in [-0.05, 0) is 18.6 Å². The first kappa shape index (κ1) is 23.7. The van der Waals surface area contributed by atoms with Crippen LogP contribution in [0.5, 0.6) is 0 Å². The quantitative estimate of drug-likeness (QED) is 0.434. The predicted molar refractivity (Wildman–Crippen MR) is 118 cm³/mol. The van der Waals surface area contributed by atoms with E-state index in [1.165, 1.54) is 16.6 Å². The van der Waals surface area contributed by atoms with Crippen molar-refractivity contribution >= 4 is 29.1 Å². The van der Waals surface area contributed by atoms with E-state index in [1.807, 2.05) is 13.0 Å². The first-order chi connectivity index (χ1) is 14.9. The number of ether oxygens (including phenoxy) is 1. The number of amides is 3. The zero-order valence-electron chi connectivity index (χ0n) is 17.6. The Hall–Kier alpha value is -3.60. The number of carbonyl (C=O) groups excluding carboxylic acids is 2. The second-order valence-electron chi connectivity index (χ2n) is 6.68. The number of nitrogens with one attached hydrogen (secondary N) is 3. The molecule has 0 saturated carbocycles. The Morgan fingerprint density at radius 3 is 2.58 bits per heavy atom. The molecule has 1 aromatic heterocycles. The molecule has 3 amide bonds. The van der Waals surface area contributed by atoms with Gasteiger partial charge in [0.05, 0.1) is 6.61 Å². The van der Waals surface area contributed by atoms with E-state index in [-0.39, 0.29) is 37.6 Å². The molecular weight excluding hydrogens is 404 g/mol. The van der Waals surface area contributed by atoms with Gasteiger partial charge in [-0.2, -0.15) is 0 Å². The van der Waals surface area contributed by atoms with Gasteiger partial charge in [0.15, 0.2) is 5.69 Å². The largest absolute Gasteiger partial charge is 0.383 e. The zero-order valence-corrected chi connectivity index (χ0v) is 17.6. The molecule has 0 atom stereocenters. The number of nitrogens with zero attached hydrogens (tertiary/aromatic N) is 2. The van der Waals surface area contributed by atoms with Crippen LogP contribution in [0, 0.1) is 0 Å². The Bertz CT molecular complexity index is 1000. The number of rotatable bonds is 10. The van der Waals surface area contributed by atoms with Crippen LogP contribution in [0.4, 0.5) is 22.0 Å². The SMILES string of the molecule is CCCn1c(N)c(N(CCOC)C(=O)CCNC(=O)Nc2ccccc2)c(=O)[nH]c1=O. The number of nitrogens with two attached hydrogens (primary N) is 1. The van der Waals surface area contributed by atoms with E-state index in [2.05, 4.69) is 15.6 Å². The molecule has 2 rings (SSSR count). The zero-order chi connectivity index (χ0) is 22.8. The number of para-hydroxylation sites is 1. The van der Waals surface area contributed by atoms with Gasteiger partial charge in [0.2, 0.25) is 5.91 Å². The highest BCUT2D eigenvalue weighted by Gasteiger charge is 2.23. The molecule has 31 heavy (non-hydrogen) atoms. The lowest BCUT2D eigenvalue weighted by molar-refractivity contribution is -0.118. The molecule has 2 aromatic rings. The van der Waals surface area contributed by atoms with Crippen LogP contribution in [0.25, 0.3) is 0 Å². The van der Waals surface area contributed by atoms with Gasteiger partial charge in [-0.15, -0.1) is 0 Å². The third-order valence-corrected chi connectivity index (χ3v) is 4.41. The maximum absolute atomic E-state index is 12.9. The number of H-pyrrole nitrogens is 1. The molecule has 0 aliphatic heterocycles. The van der Waals surface area contributed by atoms with E-state index in [4.69, 9.17) is 10.5 Å². The topological polar surface area (TPSA) is 152 Å². The molecule has 11 nitrogen and oxygen atoms in total. The predicted octanol–water partition coefficient (Wildman–Crippen LogP) is 0.720. The van der Waals surface area contributed by atoms with Crippen LogP contribution < -0.4 is 32.5 Å². The molecule has 0 bridgehead atoms. The lowest BCUT2D eigenvalue weighted by Crippen LogP contribution is -2.43. The highest BCUT2D eigenvalue weighted by atomic mass is 16.5. The Labute approximate surface area is 179 Å². The van der Waals surface area contributed by atoms with Crippen LogP contribution in [-0.4, -0.2) is 48.3 Å². The molecule has 0 spiro atoms. The minimum Gasteiger partial charge on any atom is -0.383 e. The Balaban J connectivity index is 2.12. The van der Waals surface area contributed by atoms with Crippen molar-refractivity contribution in [2.24, 2.45) is 0 Å². The van der Waals surface area contributed by atoms with Crippen LogP contribution in [0.3, 0.4) is 0 Å². The summed E-state index contributed by atoms with van der Waals surface area (Å²) in [5, 5.41) is 5.24. The number of nitrogen functional groups attached to an aromatic ring is 1. The summed E-state index contributed by atoms with van der Waals surface area (Å²) in [6.45, 7) is 2.40. The maximum Gasteiger partial charge on any atom is 0.330 e. The highest BCUT2D eigenvalue weighted by molar-refractivity contribution is 5.96. The third-order valence-electron chi connectivity index (χ3n) is 4.41. The van der Waals surface area contributed by atoms with Gasteiger partial charge < -0.3 is 26.0 Å². The minimum atomic E-state index is -0.755. The van der Waals surface area contributed by atoms with E-state index in [9.17, 15) is 19.2 Å². The van der Waals surface area contributed by atoms with Crippen molar-refractivity contribution in [1.82, 2.24) is 14.9 Å². The molecule has 0 radical (unpaired) electrons. The molecular formula is C20H28N6O5. The second kappa shape index (κ2) is 11.6. The second-order valence-corrected chi connectivity index (χ2v) is 6.68. The van der Waals surface area contributed by atoms with Crippen molar-refractivity contribution < 1.29 is 14.3 Å². The van der Waals surface area contributed by atoms with Gasteiger partial charge in [-0.25, -0.2) is 9.59 Å². The van der Waals surface area contributed by atoms with Crippen LogP contribution in [0.15, 0.2) is 39.9 Å². The Morgan fingerprint density at radius 2 is 1.94 bits per heavy atom. The number of urea groups is 1. The Kier molecular flexibility index (Phi) is 8.82. The van der Waals surface area contributed by atoms with Gasteiger partial charge in [0, 0.05) is 38.9 Å². The first-order valence-corrected chi connectivity index (χ1v) is 9.90. The van der Waals surface area contributed by atoms with Crippen molar-refractivity contribution in [1.29, 1.82) is 0 Å². The average molecular weight is 432 g/mol. The van der Waals surface area contributed by atoms with E-state index >= 15 is 0 Å². The lowest BCUT2D eigenvalue weighted by Gasteiger charge is -2.24. The van der Waals surface area contributed by atoms with Gasteiger partial charge in [-0.1, -0.05) is 25.1 Å². The number of aromatic amines is 1. The molecule has 0 aliphatic carbocycles. The summed E-state index contributed by atoms with van der Waals surface area (Å²) in [7, 11) is 1.46. The van der Waals surface area contributed by atoms with Crippen molar-refractivity contribution in [2.45, 2.75) is 26.3 Å². The van der Waals surface area contributed by atoms with Crippen LogP contribution >= 0.6 is 0 Å². The van der Waals surface area contributed by atoms with Crippen molar-refractivity contribution in [3.8, 4) is 0 Å². The van der Waals surface area contributed by atoms with Gasteiger partial charge in [0.25, 0.3) is 5.56 Å². The fraction of sp³-hybridized carbons (Fsp3) is 0.400. The van der Waals surface area contributed by atoms with Gasteiger partial charge in [0.1, 0.15) is 5.82 Å². The van der Waals surface area contributed by atoms with E-state index in [1.54, 1.807) is 24.3 Å². The molecule has 1 heterocycles. The summed E-state index contributed by atoms with van der Waals surface area (Å²) in [4.78, 5) is 52.7. The molecule has 168 valence electrons. The lowest BCUT2D eigenvalue weighted by atomic mass is 10.3. The fourth-order valence-corrected chi connectivity index (χ4v) is 2.94. The number of anilines is 3. The van der Waals surface area contributed by atoms with Crippen molar-refractivity contribution in [2.75, 3.05) is 42.8 Å². The van der Waals surface area contributed by atoms with E-state index in [0.717, 1.165) is 0 Å². The summed E-state index contributed by atoms with van der Waals surface area (Å²) in [5.41, 5.74) is 5.19. The Morgan fingerprint density at radius 1 is 1.23 bits per heavy atom. The monoisotopic (exact) mass is 432 g/mol. The summed E-state index contributed by atoms with van der Waals surface area (Å²) in [5.74, 6) is -0.536. The number of hydrogen-bond donors (Lipinski definition) is 4. The smallest absolute Gasteiger partial charge is 0.330 e. The minimum absolute atomic E-state index is 0.0351. The highest BCUT2D eigenvalue weighted by Crippen LogP contribution is 2.17. The maximum atomic E-state index is 12.9. The van der Waals surface area contributed by atoms with Crippen LogP contribution in [-0.2, 0) is 16.1 Å². The van der Waals surface area contributed by atoms with Crippen molar-refractivity contribution in [3.63, 3.8) is 0 Å². The molecule has 0 fully saturated rings. The number of benzene rings is 1. The number of methoxy groups -OCH3 is 1. The number of carbonyl (C=O) groups is 2. The van der Waals surface area contributed by atoms with Crippen LogP contribution in [0.1, 0.15) is 19.8 Å². The molecule has 0 aliphatic rings.